The second-order valence-corrected chi connectivity index (χ2v) is 5.46. The van der Waals surface area contributed by atoms with Crippen LogP contribution in [0.5, 0.6) is 0 Å². The summed E-state index contributed by atoms with van der Waals surface area (Å²) in [5.74, 6) is -0.184. The number of hydrogen-bond donors (Lipinski definition) is 1. The largest absolute Gasteiger partial charge is 0.346 e. The molecule has 106 valence electrons. The Bertz CT molecular complexity index is 602. The molecule has 0 unspecified atom stereocenters. The minimum absolute atomic E-state index is 0.184. The van der Waals surface area contributed by atoms with Gasteiger partial charge in [-0.15, -0.1) is 5.10 Å². The topological polar surface area (TPSA) is 59.8 Å². The number of nitrogens with zero attached hydrogens (tertiary/aromatic N) is 3. The van der Waals surface area contributed by atoms with Gasteiger partial charge in [0.2, 0.25) is 0 Å². The lowest BCUT2D eigenvalue weighted by atomic mass is 10.0. The van der Waals surface area contributed by atoms with Crippen molar-refractivity contribution in [3.05, 3.63) is 41.7 Å². The van der Waals surface area contributed by atoms with Crippen molar-refractivity contribution in [1.82, 2.24) is 20.3 Å². The Morgan fingerprint density at radius 1 is 1.30 bits per heavy atom. The first-order valence-corrected chi connectivity index (χ1v) is 6.75. The summed E-state index contributed by atoms with van der Waals surface area (Å²) < 4.78 is 1.67. The van der Waals surface area contributed by atoms with Gasteiger partial charge in [0.15, 0.2) is 5.69 Å². The van der Waals surface area contributed by atoms with Gasteiger partial charge in [0.05, 0.1) is 11.4 Å². The summed E-state index contributed by atoms with van der Waals surface area (Å²) in [5.41, 5.74) is 1.75. The highest BCUT2D eigenvalue weighted by atomic mass is 16.2. The van der Waals surface area contributed by atoms with E-state index in [9.17, 15) is 4.79 Å². The van der Waals surface area contributed by atoms with Crippen molar-refractivity contribution < 1.29 is 4.79 Å². The molecule has 0 fully saturated rings. The number of carbonyl (C=O) groups is 1. The Kier molecular flexibility index (Phi) is 3.88. The molecule has 0 saturated carbocycles. The molecule has 0 bridgehead atoms. The van der Waals surface area contributed by atoms with Crippen LogP contribution in [-0.4, -0.2) is 26.4 Å². The first kappa shape index (κ1) is 14.2. The van der Waals surface area contributed by atoms with Crippen molar-refractivity contribution >= 4 is 5.91 Å². The second-order valence-electron chi connectivity index (χ2n) is 5.46. The van der Waals surface area contributed by atoms with E-state index in [0.29, 0.717) is 5.69 Å². The monoisotopic (exact) mass is 272 g/mol. The number of amides is 1. The minimum Gasteiger partial charge on any atom is -0.346 e. The second kappa shape index (κ2) is 5.45. The van der Waals surface area contributed by atoms with Crippen molar-refractivity contribution in [3.63, 3.8) is 0 Å². The Labute approximate surface area is 119 Å². The van der Waals surface area contributed by atoms with Gasteiger partial charge in [0.25, 0.3) is 5.91 Å². The average Bonchev–Trinajstić information content (AvgIpc) is 2.81. The average molecular weight is 272 g/mol. The maximum atomic E-state index is 12.3. The molecule has 0 spiro atoms. The van der Waals surface area contributed by atoms with Gasteiger partial charge in [-0.25, -0.2) is 4.68 Å². The van der Waals surface area contributed by atoms with Gasteiger partial charge in [-0.2, -0.15) is 0 Å². The van der Waals surface area contributed by atoms with Crippen LogP contribution in [0.15, 0.2) is 30.3 Å². The SMILES string of the molecule is CCC(C)(C)NC(=O)c1nnn(-c2ccccc2)c1C. The standard InChI is InChI=1S/C15H20N4O/c1-5-15(3,4)16-14(20)13-11(2)19(18-17-13)12-9-7-6-8-10-12/h6-10H,5H2,1-4H3,(H,16,20). The maximum absolute atomic E-state index is 12.3. The number of benzene rings is 1. The van der Waals surface area contributed by atoms with Gasteiger partial charge < -0.3 is 5.32 Å². The van der Waals surface area contributed by atoms with E-state index >= 15 is 0 Å². The molecular formula is C15H20N4O. The fourth-order valence-corrected chi connectivity index (χ4v) is 1.81. The predicted molar refractivity (Wildman–Crippen MR) is 77.9 cm³/mol. The van der Waals surface area contributed by atoms with Crippen LogP contribution in [0.3, 0.4) is 0 Å². The predicted octanol–water partition coefficient (Wildman–Crippen LogP) is 2.49. The first-order chi connectivity index (χ1) is 9.44. The molecule has 20 heavy (non-hydrogen) atoms. The van der Waals surface area contributed by atoms with Crippen LogP contribution >= 0.6 is 0 Å². The molecule has 1 heterocycles. The molecule has 1 aromatic heterocycles. The zero-order valence-corrected chi connectivity index (χ0v) is 12.3. The van der Waals surface area contributed by atoms with Crippen LogP contribution < -0.4 is 5.32 Å². The van der Waals surface area contributed by atoms with E-state index in [1.165, 1.54) is 0 Å². The Balaban J connectivity index is 2.28. The van der Waals surface area contributed by atoms with E-state index in [-0.39, 0.29) is 11.4 Å². The van der Waals surface area contributed by atoms with E-state index in [1.807, 2.05) is 58.0 Å². The van der Waals surface area contributed by atoms with Gasteiger partial charge in [0.1, 0.15) is 0 Å². The molecule has 0 saturated heterocycles. The first-order valence-electron chi connectivity index (χ1n) is 6.75. The van der Waals surface area contributed by atoms with Crippen LogP contribution in [-0.2, 0) is 0 Å². The summed E-state index contributed by atoms with van der Waals surface area (Å²) in [6, 6.07) is 9.65. The van der Waals surface area contributed by atoms with E-state index in [0.717, 1.165) is 17.8 Å². The Morgan fingerprint density at radius 2 is 1.95 bits per heavy atom. The molecule has 5 heteroatoms. The molecule has 2 rings (SSSR count). The molecule has 5 nitrogen and oxygen atoms in total. The zero-order chi connectivity index (χ0) is 14.8. The van der Waals surface area contributed by atoms with Crippen LogP contribution in [0.2, 0.25) is 0 Å². The lowest BCUT2D eigenvalue weighted by molar-refractivity contribution is 0.0905. The highest BCUT2D eigenvalue weighted by Gasteiger charge is 2.23. The normalized spacial score (nSPS) is 11.4. The summed E-state index contributed by atoms with van der Waals surface area (Å²) in [5, 5.41) is 11.1. The fraction of sp³-hybridized carbons (Fsp3) is 0.400. The minimum atomic E-state index is -0.250. The summed E-state index contributed by atoms with van der Waals surface area (Å²) >= 11 is 0. The Hall–Kier alpha value is -2.17. The lowest BCUT2D eigenvalue weighted by Gasteiger charge is -2.23. The molecular weight excluding hydrogens is 252 g/mol. The van der Waals surface area contributed by atoms with E-state index < -0.39 is 0 Å². The number of nitrogens with one attached hydrogen (secondary N) is 1. The van der Waals surface area contributed by atoms with Crippen LogP contribution in [0.1, 0.15) is 43.4 Å². The molecule has 0 aliphatic rings. The molecule has 0 aliphatic carbocycles. The number of rotatable bonds is 4. The van der Waals surface area contributed by atoms with Crippen molar-refractivity contribution in [2.45, 2.75) is 39.7 Å². The van der Waals surface area contributed by atoms with Gasteiger partial charge in [-0.1, -0.05) is 30.3 Å². The summed E-state index contributed by atoms with van der Waals surface area (Å²) in [7, 11) is 0. The van der Waals surface area contributed by atoms with Gasteiger partial charge in [-0.05, 0) is 39.3 Å². The quantitative estimate of drug-likeness (QED) is 0.930. The van der Waals surface area contributed by atoms with Crippen LogP contribution in [0.25, 0.3) is 5.69 Å². The van der Waals surface area contributed by atoms with Gasteiger partial charge in [0, 0.05) is 5.54 Å². The number of carbonyl (C=O) groups excluding carboxylic acids is 1. The molecule has 1 aromatic carbocycles. The zero-order valence-electron chi connectivity index (χ0n) is 12.3. The summed E-state index contributed by atoms with van der Waals surface area (Å²) in [4.78, 5) is 12.3. The van der Waals surface area contributed by atoms with E-state index in [1.54, 1.807) is 4.68 Å². The highest BCUT2D eigenvalue weighted by Crippen LogP contribution is 2.13. The molecule has 1 N–H and O–H groups in total. The lowest BCUT2D eigenvalue weighted by Crippen LogP contribution is -2.43. The van der Waals surface area contributed by atoms with Crippen LogP contribution in [0, 0.1) is 6.92 Å². The maximum Gasteiger partial charge on any atom is 0.274 e. The third-order valence-electron chi connectivity index (χ3n) is 3.45. The fourth-order valence-electron chi connectivity index (χ4n) is 1.81. The Morgan fingerprint density at radius 3 is 2.55 bits per heavy atom. The van der Waals surface area contributed by atoms with Crippen molar-refractivity contribution in [3.8, 4) is 5.69 Å². The molecule has 2 aromatic rings. The molecule has 0 aliphatic heterocycles. The summed E-state index contributed by atoms with van der Waals surface area (Å²) in [6.07, 6.45) is 0.852. The van der Waals surface area contributed by atoms with E-state index in [4.69, 9.17) is 0 Å². The molecule has 0 radical (unpaired) electrons. The number of hydrogen-bond acceptors (Lipinski definition) is 3. The van der Waals surface area contributed by atoms with Crippen molar-refractivity contribution in [2.24, 2.45) is 0 Å². The number of para-hydroxylation sites is 1. The number of aromatic nitrogens is 3. The highest BCUT2D eigenvalue weighted by molar-refractivity contribution is 5.93. The molecule has 0 atom stereocenters. The van der Waals surface area contributed by atoms with Crippen LogP contribution in [0.4, 0.5) is 0 Å². The van der Waals surface area contributed by atoms with Gasteiger partial charge >= 0.3 is 0 Å². The third kappa shape index (κ3) is 2.87. The third-order valence-corrected chi connectivity index (χ3v) is 3.45. The van der Waals surface area contributed by atoms with Crippen molar-refractivity contribution in [2.75, 3.05) is 0 Å². The van der Waals surface area contributed by atoms with Gasteiger partial charge in [-0.3, -0.25) is 4.79 Å². The van der Waals surface area contributed by atoms with Crippen molar-refractivity contribution in [1.29, 1.82) is 0 Å². The summed E-state index contributed by atoms with van der Waals surface area (Å²) in [6.45, 7) is 7.86. The van der Waals surface area contributed by atoms with E-state index in [2.05, 4.69) is 15.6 Å². The molecule has 1 amide bonds. The smallest absolute Gasteiger partial charge is 0.274 e.